The van der Waals surface area contributed by atoms with E-state index in [1.54, 1.807) is 0 Å². The molecule has 1 N–H and O–H groups in total. The predicted molar refractivity (Wildman–Crippen MR) is 191 cm³/mol. The third kappa shape index (κ3) is 23.9. The molecule has 4 unspecified atom stereocenters. The second-order valence-electron chi connectivity index (χ2n) is 13.7. The zero-order valence-electron chi connectivity index (χ0n) is 30.4. The lowest BCUT2D eigenvalue weighted by Gasteiger charge is -2.26. The molecule has 0 aromatic heterocycles. The van der Waals surface area contributed by atoms with Crippen molar-refractivity contribution in [3.63, 3.8) is 0 Å². The molecule has 7 heteroatoms. The van der Waals surface area contributed by atoms with Crippen LogP contribution in [0.4, 0.5) is 0 Å². The number of ether oxygens (including phenoxy) is 1. The average Bonchev–Trinajstić information content (AvgIpc) is 3.39. The van der Waals surface area contributed by atoms with Gasteiger partial charge in [-0.15, -0.1) is 0 Å². The highest BCUT2D eigenvalue weighted by Crippen LogP contribution is 2.33. The standard InChI is InChI=1S/C40H70O7/c1-4-7-10-13-15-20-24-29-35(28-23-19-14-11-8-5-2)46-47-36(30-25-17-12-9-6-3)32-34(37-33-39(43)45-40(37)44)27-22-18-16-21-26-31-38(41)42/h15,20,25,30,34-37H,4-14,16-19,21-24,26-29,31-33H2,1-3H3,(H,41,42). The number of unbranched alkanes of at least 4 members (excludes halogenated alkanes) is 15. The first kappa shape index (κ1) is 43.0. The van der Waals surface area contributed by atoms with Crippen molar-refractivity contribution in [1.29, 1.82) is 0 Å². The van der Waals surface area contributed by atoms with Gasteiger partial charge in [-0.05, 0) is 70.1 Å². The SMILES string of the molecule is CCCCCC=CCCC(CCCCCCCC)OOC(C=CCCCCC)CC(CCCCCCCC(=O)O)C1CC(=O)OC1=O. The van der Waals surface area contributed by atoms with Gasteiger partial charge in [0.1, 0.15) is 6.10 Å². The van der Waals surface area contributed by atoms with Crippen LogP contribution in [-0.2, 0) is 28.9 Å². The molecule has 0 radical (unpaired) electrons. The number of hydrogen-bond acceptors (Lipinski definition) is 6. The van der Waals surface area contributed by atoms with Crippen molar-refractivity contribution in [3.05, 3.63) is 24.3 Å². The number of aliphatic carboxylic acids is 1. The molecule has 272 valence electrons. The number of rotatable bonds is 33. The zero-order valence-corrected chi connectivity index (χ0v) is 30.4. The van der Waals surface area contributed by atoms with Gasteiger partial charge in [0.2, 0.25) is 0 Å². The number of carboxylic acids is 1. The molecule has 0 bridgehead atoms. The highest BCUT2D eigenvalue weighted by Gasteiger charge is 2.39. The molecule has 4 atom stereocenters. The zero-order chi connectivity index (χ0) is 34.4. The Morgan fingerprint density at radius 1 is 0.723 bits per heavy atom. The molecule has 1 fully saturated rings. The van der Waals surface area contributed by atoms with Crippen LogP contribution < -0.4 is 0 Å². The molecule has 1 heterocycles. The molecule has 1 saturated heterocycles. The summed E-state index contributed by atoms with van der Waals surface area (Å²) in [4.78, 5) is 48.1. The average molecular weight is 663 g/mol. The van der Waals surface area contributed by atoms with E-state index >= 15 is 0 Å². The normalized spacial score (nSPS) is 17.1. The largest absolute Gasteiger partial charge is 0.481 e. The van der Waals surface area contributed by atoms with Crippen molar-refractivity contribution >= 4 is 17.9 Å². The fourth-order valence-electron chi connectivity index (χ4n) is 6.33. The summed E-state index contributed by atoms with van der Waals surface area (Å²) in [6.45, 7) is 6.68. The lowest BCUT2D eigenvalue weighted by Crippen LogP contribution is -2.26. The number of hydrogen-bond donors (Lipinski definition) is 1. The first-order valence-electron chi connectivity index (χ1n) is 19.5. The number of carbonyl (C=O) groups is 3. The molecule has 1 rings (SSSR count). The van der Waals surface area contributed by atoms with Crippen molar-refractivity contribution in [2.24, 2.45) is 11.8 Å². The first-order valence-corrected chi connectivity index (χ1v) is 19.5. The summed E-state index contributed by atoms with van der Waals surface area (Å²) in [6.07, 6.45) is 34.3. The van der Waals surface area contributed by atoms with Gasteiger partial charge in [-0.3, -0.25) is 14.4 Å². The highest BCUT2D eigenvalue weighted by atomic mass is 17.2. The van der Waals surface area contributed by atoms with Crippen LogP contribution in [0.5, 0.6) is 0 Å². The Morgan fingerprint density at radius 2 is 1.30 bits per heavy atom. The monoisotopic (exact) mass is 663 g/mol. The van der Waals surface area contributed by atoms with Gasteiger partial charge in [0.05, 0.1) is 18.4 Å². The summed E-state index contributed by atoms with van der Waals surface area (Å²) >= 11 is 0. The minimum atomic E-state index is -0.751. The third-order valence-corrected chi connectivity index (χ3v) is 9.29. The topological polar surface area (TPSA) is 99.1 Å². The van der Waals surface area contributed by atoms with Gasteiger partial charge in [-0.2, -0.15) is 0 Å². The van der Waals surface area contributed by atoms with Crippen LogP contribution in [0, 0.1) is 11.8 Å². The number of carboxylic acid groups (broad SMARTS) is 1. The van der Waals surface area contributed by atoms with Crippen LogP contribution in [0.2, 0.25) is 0 Å². The molecule has 0 saturated carbocycles. The quantitative estimate of drug-likeness (QED) is 0.0186. The summed E-state index contributed by atoms with van der Waals surface area (Å²) < 4.78 is 4.98. The van der Waals surface area contributed by atoms with E-state index in [0.29, 0.717) is 12.8 Å². The summed E-state index contributed by atoms with van der Waals surface area (Å²) in [7, 11) is 0. The van der Waals surface area contributed by atoms with E-state index in [0.717, 1.165) is 77.0 Å². The summed E-state index contributed by atoms with van der Waals surface area (Å²) in [6, 6.07) is 0. The van der Waals surface area contributed by atoms with E-state index in [2.05, 4.69) is 45.1 Å². The van der Waals surface area contributed by atoms with E-state index in [1.165, 1.54) is 64.2 Å². The Balaban J connectivity index is 2.90. The Bertz CT molecular complexity index is 852. The fraction of sp³-hybridized carbons (Fsp3) is 0.825. The lowest BCUT2D eigenvalue weighted by molar-refractivity contribution is -0.346. The van der Waals surface area contributed by atoms with E-state index in [4.69, 9.17) is 19.6 Å². The predicted octanol–water partition coefficient (Wildman–Crippen LogP) is 11.4. The van der Waals surface area contributed by atoms with E-state index in [9.17, 15) is 14.4 Å². The van der Waals surface area contributed by atoms with Gasteiger partial charge in [0.15, 0.2) is 0 Å². The number of carbonyl (C=O) groups excluding carboxylic acids is 2. The van der Waals surface area contributed by atoms with Crippen molar-refractivity contribution in [2.75, 3.05) is 0 Å². The minimum absolute atomic E-state index is 0.0136. The van der Waals surface area contributed by atoms with Crippen LogP contribution in [0.1, 0.15) is 188 Å². The van der Waals surface area contributed by atoms with Crippen LogP contribution in [0.3, 0.4) is 0 Å². The Morgan fingerprint density at radius 3 is 1.94 bits per heavy atom. The van der Waals surface area contributed by atoms with Crippen molar-refractivity contribution in [1.82, 2.24) is 0 Å². The van der Waals surface area contributed by atoms with Gasteiger partial charge in [-0.25, -0.2) is 9.78 Å². The van der Waals surface area contributed by atoms with E-state index < -0.39 is 23.8 Å². The Hall–Kier alpha value is -1.99. The van der Waals surface area contributed by atoms with Crippen molar-refractivity contribution in [2.45, 2.75) is 200 Å². The van der Waals surface area contributed by atoms with Gasteiger partial charge < -0.3 is 9.84 Å². The molecule has 1 aliphatic heterocycles. The Labute approximate surface area is 287 Å². The van der Waals surface area contributed by atoms with Crippen LogP contribution in [0.15, 0.2) is 24.3 Å². The third-order valence-electron chi connectivity index (χ3n) is 9.29. The molecule has 7 nitrogen and oxygen atoms in total. The molecular formula is C40H70O7. The summed E-state index contributed by atoms with van der Waals surface area (Å²) in [5.41, 5.74) is 0. The smallest absolute Gasteiger partial charge is 0.317 e. The highest BCUT2D eigenvalue weighted by molar-refractivity contribution is 5.94. The first-order chi connectivity index (χ1) is 22.9. The lowest BCUT2D eigenvalue weighted by atomic mass is 9.82. The Kier molecular flexibility index (Phi) is 27.6. The second kappa shape index (κ2) is 30.1. The van der Waals surface area contributed by atoms with Gasteiger partial charge in [0, 0.05) is 6.42 Å². The van der Waals surface area contributed by atoms with Crippen molar-refractivity contribution < 1.29 is 34.0 Å². The number of allylic oxidation sites excluding steroid dienone is 3. The maximum Gasteiger partial charge on any atom is 0.317 e. The molecule has 0 amide bonds. The van der Waals surface area contributed by atoms with Gasteiger partial charge >= 0.3 is 17.9 Å². The van der Waals surface area contributed by atoms with Gasteiger partial charge in [0.25, 0.3) is 0 Å². The second-order valence-corrected chi connectivity index (χ2v) is 13.7. The molecular weight excluding hydrogens is 592 g/mol. The molecule has 1 aliphatic rings. The van der Waals surface area contributed by atoms with Gasteiger partial charge in [-0.1, -0.05) is 135 Å². The summed E-state index contributed by atoms with van der Waals surface area (Å²) in [5.74, 6) is -2.11. The maximum atomic E-state index is 12.7. The number of cyclic esters (lactones) is 2. The number of esters is 2. The molecule has 47 heavy (non-hydrogen) atoms. The molecule has 0 aromatic rings. The van der Waals surface area contributed by atoms with Crippen LogP contribution in [-0.4, -0.2) is 35.2 Å². The minimum Gasteiger partial charge on any atom is -0.481 e. The van der Waals surface area contributed by atoms with E-state index in [1.807, 2.05) is 0 Å². The molecule has 0 spiro atoms. The van der Waals surface area contributed by atoms with E-state index in [-0.39, 0.29) is 31.0 Å². The van der Waals surface area contributed by atoms with Crippen molar-refractivity contribution in [3.8, 4) is 0 Å². The van der Waals surface area contributed by atoms with Crippen LogP contribution in [0.25, 0.3) is 0 Å². The summed E-state index contributed by atoms with van der Waals surface area (Å²) in [5, 5.41) is 8.89. The molecule has 0 aliphatic carbocycles. The fourth-order valence-corrected chi connectivity index (χ4v) is 6.33. The van der Waals surface area contributed by atoms with Crippen LogP contribution >= 0.6 is 0 Å². The maximum absolute atomic E-state index is 12.7. The molecule has 0 aromatic carbocycles.